The number of hydrogen-bond acceptors (Lipinski definition) is 3. The number of rotatable bonds is 2. The molecule has 1 aliphatic heterocycles. The first-order valence-corrected chi connectivity index (χ1v) is 7.21. The van der Waals surface area contributed by atoms with E-state index in [1.807, 2.05) is 36.4 Å². The first kappa shape index (κ1) is 13.5. The van der Waals surface area contributed by atoms with Crippen LogP contribution in [0.5, 0.6) is 0 Å². The monoisotopic (exact) mass is 335 g/mol. The molecule has 0 aromatic heterocycles. The van der Waals surface area contributed by atoms with Crippen molar-refractivity contribution in [3.63, 3.8) is 0 Å². The Balaban J connectivity index is 1.76. The summed E-state index contributed by atoms with van der Waals surface area (Å²) >= 11 is 3.44. The minimum atomic E-state index is -0.524. The van der Waals surface area contributed by atoms with Crippen LogP contribution in [0.2, 0.25) is 0 Å². The van der Waals surface area contributed by atoms with Crippen molar-refractivity contribution in [1.82, 2.24) is 0 Å². The number of benzene rings is 2. The highest BCUT2D eigenvalue weighted by molar-refractivity contribution is 9.10. The molecule has 1 amide bonds. The fourth-order valence-electron chi connectivity index (χ4n) is 2.16. The van der Waals surface area contributed by atoms with E-state index in [1.165, 1.54) is 0 Å². The molecule has 3 rings (SSSR count). The van der Waals surface area contributed by atoms with E-state index in [2.05, 4.69) is 21.2 Å². The highest BCUT2D eigenvalue weighted by Crippen LogP contribution is 2.23. The molecule has 0 aliphatic carbocycles. The Labute approximate surface area is 125 Å². The molecule has 2 aromatic rings. The van der Waals surface area contributed by atoms with Crippen LogP contribution in [0.15, 0.2) is 40.9 Å². The third-order valence-electron chi connectivity index (χ3n) is 3.18. The van der Waals surface area contributed by atoms with Crippen molar-refractivity contribution in [2.45, 2.75) is 6.10 Å². The molecule has 1 atom stereocenters. The molecule has 20 heavy (non-hydrogen) atoms. The minimum absolute atomic E-state index is 0.166. The quantitative estimate of drug-likeness (QED) is 0.917. The van der Waals surface area contributed by atoms with E-state index in [0.717, 1.165) is 20.9 Å². The van der Waals surface area contributed by atoms with Crippen LogP contribution in [-0.2, 0) is 14.3 Å². The van der Waals surface area contributed by atoms with E-state index in [9.17, 15) is 4.79 Å². The van der Waals surface area contributed by atoms with E-state index in [-0.39, 0.29) is 5.91 Å². The van der Waals surface area contributed by atoms with Gasteiger partial charge in [-0.25, -0.2) is 0 Å². The zero-order valence-corrected chi connectivity index (χ0v) is 12.4. The molecule has 0 bridgehead atoms. The Hall–Kier alpha value is -1.43. The van der Waals surface area contributed by atoms with Gasteiger partial charge in [0.1, 0.15) is 0 Å². The highest BCUT2D eigenvalue weighted by Gasteiger charge is 2.22. The number of anilines is 1. The Morgan fingerprint density at radius 2 is 1.95 bits per heavy atom. The SMILES string of the molecule is O=C(Nc1ccc2cc(Br)ccc2c1)C1COCCO1. The van der Waals surface area contributed by atoms with Crippen molar-refractivity contribution in [1.29, 1.82) is 0 Å². The van der Waals surface area contributed by atoms with Gasteiger partial charge in [0.05, 0.1) is 19.8 Å². The van der Waals surface area contributed by atoms with Crippen LogP contribution in [0, 0.1) is 0 Å². The maximum atomic E-state index is 12.0. The summed E-state index contributed by atoms with van der Waals surface area (Å²) in [6.07, 6.45) is -0.524. The van der Waals surface area contributed by atoms with Crippen LogP contribution < -0.4 is 5.32 Å². The molecule has 1 saturated heterocycles. The Morgan fingerprint density at radius 3 is 2.75 bits per heavy atom. The first-order chi connectivity index (χ1) is 9.72. The second-order valence-corrected chi connectivity index (χ2v) is 5.55. The third-order valence-corrected chi connectivity index (χ3v) is 3.67. The summed E-state index contributed by atoms with van der Waals surface area (Å²) in [6, 6.07) is 11.8. The number of amides is 1. The van der Waals surface area contributed by atoms with Gasteiger partial charge < -0.3 is 14.8 Å². The lowest BCUT2D eigenvalue weighted by Crippen LogP contribution is -2.39. The summed E-state index contributed by atoms with van der Waals surface area (Å²) in [6.45, 7) is 1.32. The van der Waals surface area contributed by atoms with Crippen molar-refractivity contribution in [2.24, 2.45) is 0 Å². The van der Waals surface area contributed by atoms with Gasteiger partial charge in [-0.15, -0.1) is 0 Å². The fourth-order valence-corrected chi connectivity index (χ4v) is 2.54. The zero-order valence-electron chi connectivity index (χ0n) is 10.8. The van der Waals surface area contributed by atoms with Gasteiger partial charge in [-0.2, -0.15) is 0 Å². The molecule has 1 heterocycles. The van der Waals surface area contributed by atoms with E-state index >= 15 is 0 Å². The summed E-state index contributed by atoms with van der Waals surface area (Å²) in [5.74, 6) is -0.166. The van der Waals surface area contributed by atoms with Gasteiger partial charge in [-0.1, -0.05) is 28.1 Å². The average Bonchev–Trinajstić information content (AvgIpc) is 2.48. The third kappa shape index (κ3) is 3.00. The predicted octanol–water partition coefficient (Wildman–Crippen LogP) is 2.96. The number of carbonyl (C=O) groups is 1. The molecule has 1 unspecified atom stereocenters. The lowest BCUT2D eigenvalue weighted by Gasteiger charge is -2.22. The number of carbonyl (C=O) groups excluding carboxylic acids is 1. The van der Waals surface area contributed by atoms with Gasteiger partial charge in [0.2, 0.25) is 0 Å². The zero-order chi connectivity index (χ0) is 13.9. The van der Waals surface area contributed by atoms with Gasteiger partial charge >= 0.3 is 0 Å². The normalized spacial score (nSPS) is 18.9. The van der Waals surface area contributed by atoms with E-state index < -0.39 is 6.10 Å². The van der Waals surface area contributed by atoms with Gasteiger partial charge in [0.25, 0.3) is 5.91 Å². The van der Waals surface area contributed by atoms with Crippen molar-refractivity contribution in [3.8, 4) is 0 Å². The number of ether oxygens (including phenoxy) is 2. The highest BCUT2D eigenvalue weighted by atomic mass is 79.9. The standard InChI is InChI=1S/C15H14BrNO3/c16-12-3-1-11-8-13(4-2-10(11)7-12)17-15(18)14-9-19-5-6-20-14/h1-4,7-8,14H,5-6,9H2,(H,17,18). The summed E-state index contributed by atoms with van der Waals surface area (Å²) < 4.78 is 11.6. The largest absolute Gasteiger partial charge is 0.376 e. The first-order valence-electron chi connectivity index (χ1n) is 6.42. The lowest BCUT2D eigenvalue weighted by molar-refractivity contribution is -0.142. The maximum Gasteiger partial charge on any atom is 0.255 e. The van der Waals surface area contributed by atoms with Gasteiger partial charge in [0.15, 0.2) is 6.10 Å². The van der Waals surface area contributed by atoms with Crippen LogP contribution in [0.1, 0.15) is 0 Å². The molecule has 1 fully saturated rings. The molecular formula is C15H14BrNO3. The lowest BCUT2D eigenvalue weighted by atomic mass is 10.1. The Bertz CT molecular complexity index is 638. The molecule has 1 N–H and O–H groups in total. The second-order valence-electron chi connectivity index (χ2n) is 4.63. The number of nitrogens with one attached hydrogen (secondary N) is 1. The molecular weight excluding hydrogens is 322 g/mol. The maximum absolute atomic E-state index is 12.0. The Kier molecular flexibility index (Phi) is 4.00. The summed E-state index contributed by atoms with van der Waals surface area (Å²) in [7, 11) is 0. The van der Waals surface area contributed by atoms with Gasteiger partial charge in [-0.05, 0) is 35.0 Å². The summed E-state index contributed by atoms with van der Waals surface area (Å²) in [5.41, 5.74) is 0.763. The fraction of sp³-hybridized carbons (Fsp3) is 0.267. The second kappa shape index (κ2) is 5.91. The molecule has 0 spiro atoms. The van der Waals surface area contributed by atoms with Gasteiger partial charge in [0, 0.05) is 10.2 Å². The van der Waals surface area contributed by atoms with Crippen LogP contribution in [0.4, 0.5) is 5.69 Å². The molecule has 0 radical (unpaired) electrons. The molecule has 0 saturated carbocycles. The minimum Gasteiger partial charge on any atom is -0.376 e. The van der Waals surface area contributed by atoms with E-state index in [1.54, 1.807) is 0 Å². The van der Waals surface area contributed by atoms with Crippen LogP contribution in [0.3, 0.4) is 0 Å². The number of fused-ring (bicyclic) bond motifs is 1. The van der Waals surface area contributed by atoms with Crippen molar-refractivity contribution >= 4 is 38.3 Å². The number of hydrogen-bond donors (Lipinski definition) is 1. The van der Waals surface area contributed by atoms with Gasteiger partial charge in [-0.3, -0.25) is 4.79 Å². The van der Waals surface area contributed by atoms with Crippen LogP contribution in [-0.4, -0.2) is 31.8 Å². The van der Waals surface area contributed by atoms with E-state index in [4.69, 9.17) is 9.47 Å². The Morgan fingerprint density at radius 1 is 1.15 bits per heavy atom. The molecule has 4 nitrogen and oxygen atoms in total. The smallest absolute Gasteiger partial charge is 0.255 e. The summed E-state index contributed by atoms with van der Waals surface area (Å²) in [5, 5.41) is 5.06. The van der Waals surface area contributed by atoms with Crippen molar-refractivity contribution < 1.29 is 14.3 Å². The van der Waals surface area contributed by atoms with Crippen molar-refractivity contribution in [3.05, 3.63) is 40.9 Å². The van der Waals surface area contributed by atoms with Crippen molar-refractivity contribution in [2.75, 3.05) is 25.1 Å². The topological polar surface area (TPSA) is 47.6 Å². The molecule has 104 valence electrons. The average molecular weight is 336 g/mol. The summed E-state index contributed by atoms with van der Waals surface area (Å²) in [4.78, 5) is 12.0. The van der Waals surface area contributed by atoms with E-state index in [0.29, 0.717) is 19.8 Å². The molecule has 1 aliphatic rings. The number of halogens is 1. The molecule has 2 aromatic carbocycles. The molecule has 5 heteroatoms. The van der Waals surface area contributed by atoms with Crippen LogP contribution >= 0.6 is 15.9 Å². The predicted molar refractivity (Wildman–Crippen MR) is 80.8 cm³/mol. The van der Waals surface area contributed by atoms with Crippen LogP contribution in [0.25, 0.3) is 10.8 Å².